The van der Waals surface area contributed by atoms with Gasteiger partial charge in [0.25, 0.3) is 0 Å². The highest BCUT2D eigenvalue weighted by molar-refractivity contribution is 5.75. The molecule has 0 radical (unpaired) electrons. The Morgan fingerprint density at radius 2 is 2.27 bits per heavy atom. The molecular formula is C8H11N3. The van der Waals surface area contributed by atoms with Gasteiger partial charge in [-0.2, -0.15) is 0 Å². The van der Waals surface area contributed by atoms with E-state index in [0.29, 0.717) is 12.6 Å². The van der Waals surface area contributed by atoms with Gasteiger partial charge in [-0.15, -0.1) is 0 Å². The van der Waals surface area contributed by atoms with Crippen molar-refractivity contribution in [2.24, 2.45) is 16.5 Å². The summed E-state index contributed by atoms with van der Waals surface area (Å²) in [4.78, 5) is 3.81. The van der Waals surface area contributed by atoms with Gasteiger partial charge in [0.05, 0.1) is 7.92 Å². The summed E-state index contributed by atoms with van der Waals surface area (Å²) in [6, 6.07) is 7.66. The number of nitrogens with two attached hydrogens (primary N) is 2. The van der Waals surface area contributed by atoms with E-state index in [-0.39, 0.29) is 5.96 Å². The van der Waals surface area contributed by atoms with E-state index in [2.05, 4.69) is 4.99 Å². The van der Waals surface area contributed by atoms with Crippen LogP contribution in [0.15, 0.2) is 35.3 Å². The fourth-order valence-electron chi connectivity index (χ4n) is 0.705. The third kappa shape index (κ3) is 2.71. The topological polar surface area (TPSA) is 64.4 Å². The van der Waals surface area contributed by atoms with Crippen LogP contribution in [0.25, 0.3) is 0 Å². The van der Waals surface area contributed by atoms with Crippen molar-refractivity contribution < 1.29 is 1.37 Å². The van der Waals surface area contributed by atoms with Crippen LogP contribution in [0.1, 0.15) is 6.93 Å². The minimum atomic E-state index is 0.0539. The summed E-state index contributed by atoms with van der Waals surface area (Å²) in [7, 11) is 0. The van der Waals surface area contributed by atoms with Crippen LogP contribution in [0.2, 0.25) is 0 Å². The smallest absolute Gasteiger partial charge is 0.186 e. The zero-order valence-electron chi connectivity index (χ0n) is 7.12. The Morgan fingerprint density at radius 3 is 2.91 bits per heavy atom. The second kappa shape index (κ2) is 3.61. The molecule has 1 aromatic carbocycles. The molecule has 0 amide bonds. The van der Waals surface area contributed by atoms with Gasteiger partial charge in [0.2, 0.25) is 0 Å². The Kier molecular flexibility index (Phi) is 2.04. The molecule has 58 valence electrons. The van der Waals surface area contributed by atoms with Crippen LogP contribution < -0.4 is 11.5 Å². The van der Waals surface area contributed by atoms with Crippen LogP contribution in [-0.4, -0.2) is 5.96 Å². The van der Waals surface area contributed by atoms with Crippen LogP contribution in [0.4, 0.5) is 0 Å². The zero-order chi connectivity index (χ0) is 8.97. The Hall–Kier alpha value is -1.51. The van der Waals surface area contributed by atoms with Crippen molar-refractivity contribution in [1.29, 1.82) is 0 Å². The van der Waals surface area contributed by atoms with E-state index in [0.717, 1.165) is 5.56 Å². The normalized spacial score (nSPS) is 10.4. The van der Waals surface area contributed by atoms with E-state index in [1.54, 1.807) is 12.1 Å². The van der Waals surface area contributed by atoms with Crippen molar-refractivity contribution in [2.45, 2.75) is 6.54 Å². The maximum absolute atomic E-state index is 7.46. The van der Waals surface area contributed by atoms with Crippen LogP contribution in [0.3, 0.4) is 0 Å². The summed E-state index contributed by atoms with van der Waals surface area (Å²) in [6.07, 6.45) is 0. The van der Waals surface area contributed by atoms with Crippen molar-refractivity contribution >= 4 is 5.96 Å². The molecule has 0 saturated carbocycles. The lowest BCUT2D eigenvalue weighted by Gasteiger charge is -1.94. The van der Waals surface area contributed by atoms with Crippen molar-refractivity contribution in [3.05, 3.63) is 35.9 Å². The van der Waals surface area contributed by atoms with Gasteiger partial charge >= 0.3 is 0 Å². The lowest BCUT2D eigenvalue weighted by Crippen LogP contribution is -2.22. The molecule has 0 saturated heterocycles. The van der Waals surface area contributed by atoms with Crippen LogP contribution in [-0.2, 0) is 6.54 Å². The molecule has 0 aromatic heterocycles. The van der Waals surface area contributed by atoms with Gasteiger partial charge in [-0.1, -0.05) is 30.3 Å². The molecule has 0 atom stereocenters. The average molecular weight is 150 g/mol. The van der Waals surface area contributed by atoms with E-state index in [4.69, 9.17) is 12.8 Å². The Labute approximate surface area is 67.1 Å². The summed E-state index contributed by atoms with van der Waals surface area (Å²) in [5, 5.41) is 0. The molecule has 0 aliphatic heterocycles. The highest BCUT2D eigenvalue weighted by Crippen LogP contribution is 1.98. The van der Waals surface area contributed by atoms with Crippen LogP contribution in [0.5, 0.6) is 0 Å². The minimum absolute atomic E-state index is 0.0539. The molecule has 11 heavy (non-hydrogen) atoms. The molecule has 3 nitrogen and oxygen atoms in total. The maximum atomic E-state index is 7.46. The Balaban J connectivity index is 2.76. The first-order valence-corrected chi connectivity index (χ1v) is 3.30. The fraction of sp³-hybridized carbons (Fsp3) is 0.125. The zero-order valence-corrected chi connectivity index (χ0v) is 6.12. The summed E-state index contributed by atoms with van der Waals surface area (Å²) in [6.45, 7) is 0.377. The van der Waals surface area contributed by atoms with Gasteiger partial charge in [0, 0.05) is 0 Å². The summed E-state index contributed by atoms with van der Waals surface area (Å²) in [5.74, 6) is 0.0539. The van der Waals surface area contributed by atoms with E-state index in [1.807, 2.05) is 12.1 Å². The SMILES string of the molecule is [2H]c1ccccc1CN=C(N)N. The second-order valence-electron chi connectivity index (χ2n) is 2.13. The summed E-state index contributed by atoms with van der Waals surface area (Å²) in [5.41, 5.74) is 11.1. The Morgan fingerprint density at radius 1 is 1.45 bits per heavy atom. The number of rotatable bonds is 2. The highest BCUT2D eigenvalue weighted by Gasteiger charge is 1.86. The molecule has 3 heteroatoms. The lowest BCUT2D eigenvalue weighted by atomic mass is 10.2. The van der Waals surface area contributed by atoms with Crippen molar-refractivity contribution in [3.63, 3.8) is 0 Å². The van der Waals surface area contributed by atoms with Gasteiger partial charge in [0.15, 0.2) is 5.96 Å². The standard InChI is InChI=1S/C8H11N3/c9-8(10)11-6-7-4-2-1-3-5-7/h1-5H,6H2,(H4,9,10,11)/i4D. The van der Waals surface area contributed by atoms with Gasteiger partial charge in [0.1, 0.15) is 0 Å². The van der Waals surface area contributed by atoms with Gasteiger partial charge in [-0.3, -0.25) is 0 Å². The monoisotopic (exact) mass is 150 g/mol. The predicted octanol–water partition coefficient (Wildman–Crippen LogP) is 0.460. The van der Waals surface area contributed by atoms with Gasteiger partial charge in [-0.25, -0.2) is 4.99 Å². The summed E-state index contributed by atoms with van der Waals surface area (Å²) >= 11 is 0. The molecule has 0 aliphatic rings. The van der Waals surface area contributed by atoms with Crippen molar-refractivity contribution in [2.75, 3.05) is 0 Å². The molecule has 0 fully saturated rings. The third-order valence-corrected chi connectivity index (χ3v) is 1.21. The minimum Gasteiger partial charge on any atom is -0.370 e. The molecule has 0 unspecified atom stereocenters. The fourth-order valence-corrected chi connectivity index (χ4v) is 0.705. The van der Waals surface area contributed by atoms with Crippen LogP contribution in [0, 0.1) is 0 Å². The highest BCUT2D eigenvalue weighted by atomic mass is 15.0. The van der Waals surface area contributed by atoms with E-state index in [9.17, 15) is 0 Å². The number of benzene rings is 1. The molecule has 0 spiro atoms. The van der Waals surface area contributed by atoms with Gasteiger partial charge < -0.3 is 11.5 Å². The number of aliphatic imine (C=N–C) groups is 1. The van der Waals surface area contributed by atoms with E-state index in [1.165, 1.54) is 0 Å². The van der Waals surface area contributed by atoms with Gasteiger partial charge in [-0.05, 0) is 5.56 Å². The van der Waals surface area contributed by atoms with Crippen LogP contribution >= 0.6 is 0 Å². The molecule has 1 aromatic rings. The first kappa shape index (κ1) is 6.22. The first-order chi connectivity index (χ1) is 5.70. The second-order valence-corrected chi connectivity index (χ2v) is 2.13. The molecular weight excluding hydrogens is 138 g/mol. The van der Waals surface area contributed by atoms with Crippen molar-refractivity contribution in [1.82, 2.24) is 0 Å². The molecule has 0 bridgehead atoms. The molecule has 1 rings (SSSR count). The average Bonchev–Trinajstić information content (AvgIpc) is 2.03. The number of hydrogen-bond donors (Lipinski definition) is 2. The van der Waals surface area contributed by atoms with Crippen molar-refractivity contribution in [3.8, 4) is 0 Å². The number of nitrogens with zero attached hydrogens (tertiary/aromatic N) is 1. The largest absolute Gasteiger partial charge is 0.370 e. The first-order valence-electron chi connectivity index (χ1n) is 3.80. The predicted molar refractivity (Wildman–Crippen MR) is 46.0 cm³/mol. The Bertz CT molecular complexity index is 292. The number of guanidine groups is 1. The summed E-state index contributed by atoms with van der Waals surface area (Å²) < 4.78 is 7.46. The third-order valence-electron chi connectivity index (χ3n) is 1.21. The quantitative estimate of drug-likeness (QED) is 0.475. The van der Waals surface area contributed by atoms with E-state index >= 15 is 0 Å². The maximum Gasteiger partial charge on any atom is 0.186 e. The molecule has 4 N–H and O–H groups in total. The number of hydrogen-bond acceptors (Lipinski definition) is 1. The molecule has 0 heterocycles. The molecule has 0 aliphatic carbocycles. The van der Waals surface area contributed by atoms with E-state index < -0.39 is 0 Å². The lowest BCUT2D eigenvalue weighted by molar-refractivity contribution is 1.05.